The summed E-state index contributed by atoms with van der Waals surface area (Å²) in [7, 11) is 0. The number of oxazole rings is 1. The molecule has 1 atom stereocenters. The van der Waals surface area contributed by atoms with Crippen LogP contribution in [0.25, 0.3) is 22.2 Å². The Kier molecular flexibility index (Phi) is 5.75. The van der Waals surface area contributed by atoms with Crippen LogP contribution in [-0.2, 0) is 4.79 Å². The molecule has 1 fully saturated rings. The fourth-order valence-electron chi connectivity index (χ4n) is 4.07. The number of benzene rings is 2. The molecule has 28 heavy (non-hydrogen) atoms. The first-order valence-corrected chi connectivity index (χ1v) is 10.5. The molecule has 0 spiro atoms. The Morgan fingerprint density at radius 2 is 1.96 bits per heavy atom. The van der Waals surface area contributed by atoms with Gasteiger partial charge in [-0.1, -0.05) is 62.6 Å². The van der Waals surface area contributed by atoms with Crippen molar-refractivity contribution in [2.24, 2.45) is 0 Å². The maximum absolute atomic E-state index is 12.7. The molecule has 3 aromatic rings. The first-order chi connectivity index (χ1) is 13.8. The van der Waals surface area contributed by atoms with Gasteiger partial charge in [0.25, 0.3) is 0 Å². The molecule has 4 nitrogen and oxygen atoms in total. The highest BCUT2D eigenvalue weighted by Crippen LogP contribution is 2.34. The quantitative estimate of drug-likeness (QED) is 0.466. The number of fused-ring (bicyclic) bond motifs is 1. The largest absolute Gasteiger partial charge is 0.438 e. The third-order valence-electron chi connectivity index (χ3n) is 5.61. The van der Waals surface area contributed by atoms with Crippen molar-refractivity contribution in [1.82, 2.24) is 9.88 Å². The third kappa shape index (κ3) is 3.96. The molecule has 1 aromatic heterocycles. The fraction of sp³-hybridized carbons (Fsp3) is 0.417. The van der Waals surface area contributed by atoms with Gasteiger partial charge in [0.1, 0.15) is 11.6 Å². The Morgan fingerprint density at radius 3 is 2.79 bits per heavy atom. The van der Waals surface area contributed by atoms with E-state index >= 15 is 0 Å². The lowest BCUT2D eigenvalue weighted by Crippen LogP contribution is -2.30. The lowest BCUT2D eigenvalue weighted by Gasteiger charge is -2.22. The molecule has 1 saturated heterocycles. The Bertz CT molecular complexity index is 932. The molecular weight excluding hydrogens is 348 g/mol. The van der Waals surface area contributed by atoms with Gasteiger partial charge in [0.15, 0.2) is 5.58 Å². The van der Waals surface area contributed by atoms with Crippen LogP contribution in [0.3, 0.4) is 0 Å². The maximum atomic E-state index is 12.7. The van der Waals surface area contributed by atoms with E-state index in [1.165, 1.54) is 18.4 Å². The number of amides is 1. The van der Waals surface area contributed by atoms with Gasteiger partial charge in [-0.15, -0.1) is 0 Å². The van der Waals surface area contributed by atoms with E-state index in [0.29, 0.717) is 12.3 Å². The maximum Gasteiger partial charge on any atom is 0.223 e. The lowest BCUT2D eigenvalue weighted by molar-refractivity contribution is -0.132. The average molecular weight is 377 g/mol. The predicted octanol–water partition coefficient (Wildman–Crippen LogP) is 6.13. The van der Waals surface area contributed by atoms with Crippen LogP contribution in [-0.4, -0.2) is 22.3 Å². The predicted molar refractivity (Wildman–Crippen MR) is 112 cm³/mol. The van der Waals surface area contributed by atoms with Gasteiger partial charge < -0.3 is 9.32 Å². The van der Waals surface area contributed by atoms with Crippen molar-refractivity contribution >= 4 is 17.0 Å². The normalized spacial score (nSPS) is 16.8. The van der Waals surface area contributed by atoms with Crippen LogP contribution < -0.4 is 0 Å². The molecule has 0 aliphatic carbocycles. The molecule has 1 aliphatic heterocycles. The van der Waals surface area contributed by atoms with E-state index in [-0.39, 0.29) is 11.9 Å². The highest BCUT2D eigenvalue weighted by atomic mass is 16.3. The molecule has 4 heteroatoms. The van der Waals surface area contributed by atoms with Crippen LogP contribution in [0.15, 0.2) is 52.9 Å². The summed E-state index contributed by atoms with van der Waals surface area (Å²) in [4.78, 5) is 19.4. The van der Waals surface area contributed by atoms with Gasteiger partial charge in [0, 0.05) is 13.0 Å². The summed E-state index contributed by atoms with van der Waals surface area (Å²) in [5, 5.41) is 0. The van der Waals surface area contributed by atoms with Crippen molar-refractivity contribution in [2.45, 2.75) is 57.9 Å². The number of hydrogen-bond acceptors (Lipinski definition) is 3. The molecule has 2 heterocycles. The van der Waals surface area contributed by atoms with E-state index in [9.17, 15) is 4.79 Å². The molecule has 0 bridgehead atoms. The number of rotatable bonds is 7. The molecule has 1 aliphatic rings. The average Bonchev–Trinajstić information content (AvgIpc) is 3.37. The Morgan fingerprint density at radius 1 is 1.11 bits per heavy atom. The van der Waals surface area contributed by atoms with Crippen molar-refractivity contribution in [1.29, 1.82) is 0 Å². The van der Waals surface area contributed by atoms with Crippen LogP contribution in [0.1, 0.15) is 63.8 Å². The van der Waals surface area contributed by atoms with Gasteiger partial charge >= 0.3 is 0 Å². The second-order valence-corrected chi connectivity index (χ2v) is 7.66. The number of hydrogen-bond donors (Lipinski definition) is 0. The van der Waals surface area contributed by atoms with Crippen molar-refractivity contribution in [3.63, 3.8) is 0 Å². The molecule has 0 radical (unpaired) electrons. The van der Waals surface area contributed by atoms with Gasteiger partial charge in [-0.2, -0.15) is 0 Å². The van der Waals surface area contributed by atoms with Crippen LogP contribution >= 0.6 is 0 Å². The van der Waals surface area contributed by atoms with Crippen molar-refractivity contribution in [3.05, 3.63) is 54.4 Å². The fourth-order valence-corrected chi connectivity index (χ4v) is 4.07. The lowest BCUT2D eigenvalue weighted by atomic mass is 10.1. The molecule has 146 valence electrons. The second-order valence-electron chi connectivity index (χ2n) is 7.66. The minimum atomic E-state index is -0.0220. The summed E-state index contributed by atoms with van der Waals surface area (Å²) in [6.45, 7) is 3.00. The zero-order valence-electron chi connectivity index (χ0n) is 16.6. The molecule has 1 amide bonds. The summed E-state index contributed by atoms with van der Waals surface area (Å²) >= 11 is 0. The zero-order valence-corrected chi connectivity index (χ0v) is 16.6. The van der Waals surface area contributed by atoms with Crippen molar-refractivity contribution < 1.29 is 9.21 Å². The number of unbranched alkanes of at least 4 members (excludes halogenated alkanes) is 3. The Labute approximate surface area is 166 Å². The van der Waals surface area contributed by atoms with E-state index in [0.717, 1.165) is 48.9 Å². The Hall–Kier alpha value is -2.62. The van der Waals surface area contributed by atoms with Gasteiger partial charge in [-0.3, -0.25) is 4.79 Å². The molecule has 0 saturated carbocycles. The smallest absolute Gasteiger partial charge is 0.223 e. The van der Waals surface area contributed by atoms with Gasteiger partial charge in [0.05, 0.1) is 0 Å². The Balaban J connectivity index is 1.52. The molecular formula is C24H28N2O2. The van der Waals surface area contributed by atoms with E-state index < -0.39 is 0 Å². The zero-order chi connectivity index (χ0) is 19.3. The topological polar surface area (TPSA) is 46.3 Å². The molecule has 2 aromatic carbocycles. The first-order valence-electron chi connectivity index (χ1n) is 10.5. The SMILES string of the molecule is CCCCCCC(=O)N1CCCC1c1nc2cc(-c3ccccc3)ccc2o1. The van der Waals surface area contributed by atoms with Crippen molar-refractivity contribution in [3.8, 4) is 11.1 Å². The van der Waals surface area contributed by atoms with E-state index in [2.05, 4.69) is 31.2 Å². The number of nitrogens with zero attached hydrogens (tertiary/aromatic N) is 2. The first kappa shape index (κ1) is 18.7. The highest BCUT2D eigenvalue weighted by molar-refractivity contribution is 5.81. The molecule has 0 N–H and O–H groups in total. The van der Waals surface area contributed by atoms with E-state index in [1.807, 2.05) is 29.2 Å². The van der Waals surface area contributed by atoms with Gasteiger partial charge in [0.2, 0.25) is 11.8 Å². The summed E-state index contributed by atoms with van der Waals surface area (Å²) < 4.78 is 6.06. The van der Waals surface area contributed by atoms with Crippen LogP contribution in [0, 0.1) is 0 Å². The highest BCUT2D eigenvalue weighted by Gasteiger charge is 2.33. The number of carbonyl (C=O) groups is 1. The minimum Gasteiger partial charge on any atom is -0.438 e. The molecule has 1 unspecified atom stereocenters. The number of carbonyl (C=O) groups excluding carboxylic acids is 1. The summed E-state index contributed by atoms with van der Waals surface area (Å²) in [5.41, 5.74) is 3.94. The third-order valence-corrected chi connectivity index (χ3v) is 5.61. The summed E-state index contributed by atoms with van der Waals surface area (Å²) in [6.07, 6.45) is 7.07. The molecule has 4 rings (SSSR count). The van der Waals surface area contributed by atoms with E-state index in [4.69, 9.17) is 9.40 Å². The standard InChI is InChI=1S/C24H28N2O2/c1-2-3-4-8-13-23(27)26-16-9-12-21(26)24-25-20-17-19(14-15-22(20)28-24)18-10-6-5-7-11-18/h5-7,10-11,14-15,17,21H,2-4,8-9,12-13,16H2,1H3. The number of likely N-dealkylation sites (tertiary alicyclic amines) is 1. The van der Waals surface area contributed by atoms with Gasteiger partial charge in [-0.25, -0.2) is 4.98 Å². The number of aromatic nitrogens is 1. The second kappa shape index (κ2) is 8.59. The van der Waals surface area contributed by atoms with Crippen LogP contribution in [0.4, 0.5) is 0 Å². The summed E-state index contributed by atoms with van der Waals surface area (Å²) in [6, 6.07) is 16.4. The van der Waals surface area contributed by atoms with E-state index in [1.54, 1.807) is 0 Å². The van der Waals surface area contributed by atoms with Crippen molar-refractivity contribution in [2.75, 3.05) is 6.54 Å². The minimum absolute atomic E-state index is 0.0220. The monoisotopic (exact) mass is 376 g/mol. The summed E-state index contributed by atoms with van der Waals surface area (Å²) in [5.74, 6) is 0.922. The van der Waals surface area contributed by atoms with Gasteiger partial charge in [-0.05, 0) is 42.5 Å². The van der Waals surface area contributed by atoms with Crippen LogP contribution in [0.2, 0.25) is 0 Å². The van der Waals surface area contributed by atoms with Crippen LogP contribution in [0.5, 0.6) is 0 Å².